The third kappa shape index (κ3) is 10.7. The summed E-state index contributed by atoms with van der Waals surface area (Å²) in [6.45, 7) is 10.2. The van der Waals surface area contributed by atoms with Crippen molar-refractivity contribution in [3.05, 3.63) is 60.7 Å². The van der Waals surface area contributed by atoms with E-state index in [4.69, 9.17) is 4.74 Å². The first-order valence-corrected chi connectivity index (χ1v) is 18.5. The van der Waals surface area contributed by atoms with Crippen molar-refractivity contribution < 1.29 is 28.7 Å². The molecule has 0 aromatic heterocycles. The maximum atomic E-state index is 15.2. The van der Waals surface area contributed by atoms with E-state index in [0.29, 0.717) is 30.8 Å². The molecule has 0 saturated carbocycles. The molecule has 1 fully saturated rings. The Morgan fingerprint density at radius 1 is 0.808 bits per heavy atom. The molecule has 3 N–H and O–H groups in total. The quantitative estimate of drug-likeness (QED) is 0.165. The molecule has 1 heterocycles. The number of carbonyl (C=O) groups is 5. The van der Waals surface area contributed by atoms with Crippen LogP contribution in [0.25, 0.3) is 0 Å². The van der Waals surface area contributed by atoms with Crippen molar-refractivity contribution in [1.29, 1.82) is 0 Å². The maximum absolute atomic E-state index is 15.2. The average Bonchev–Trinajstić information content (AvgIpc) is 3.13. The van der Waals surface area contributed by atoms with Gasteiger partial charge in [-0.2, -0.15) is 0 Å². The summed E-state index contributed by atoms with van der Waals surface area (Å²) < 4.78 is 5.49. The Morgan fingerprint density at radius 2 is 1.33 bits per heavy atom. The highest BCUT2D eigenvalue weighted by atomic mass is 16.6. The number of carbonyl (C=O) groups excluding carboxylic acids is 5. The zero-order valence-electron chi connectivity index (χ0n) is 32.1. The number of amides is 6. The van der Waals surface area contributed by atoms with E-state index in [1.54, 1.807) is 76.3 Å². The smallest absolute Gasteiger partial charge is 0.410 e. The second kappa shape index (κ2) is 19.8. The van der Waals surface area contributed by atoms with Crippen LogP contribution in [0.4, 0.5) is 21.0 Å². The van der Waals surface area contributed by atoms with Crippen LogP contribution in [0.15, 0.2) is 60.7 Å². The lowest BCUT2D eigenvalue weighted by Gasteiger charge is -2.50. The van der Waals surface area contributed by atoms with Crippen LogP contribution in [0.2, 0.25) is 0 Å². The van der Waals surface area contributed by atoms with Crippen molar-refractivity contribution in [2.45, 2.75) is 90.3 Å². The van der Waals surface area contributed by atoms with Crippen molar-refractivity contribution in [2.24, 2.45) is 0 Å². The molecule has 1 aliphatic heterocycles. The van der Waals surface area contributed by atoms with Gasteiger partial charge in [-0.1, -0.05) is 75.9 Å². The van der Waals surface area contributed by atoms with E-state index >= 15 is 9.59 Å². The predicted molar refractivity (Wildman–Crippen MR) is 203 cm³/mol. The number of urea groups is 1. The summed E-state index contributed by atoms with van der Waals surface area (Å²) in [4.78, 5) is 77.5. The second-order valence-corrected chi connectivity index (χ2v) is 14.2. The molecule has 0 bridgehead atoms. The number of unbranched alkanes of at least 4 members (excludes halogenated alkanes) is 4. The molecule has 52 heavy (non-hydrogen) atoms. The fraction of sp³-hybridized carbons (Fsp3) is 0.564. The summed E-state index contributed by atoms with van der Waals surface area (Å²) in [6, 6.07) is 15.9. The molecular formula is C39H59N7O6. The zero-order chi connectivity index (χ0) is 38.3. The lowest BCUT2D eigenvalue weighted by Crippen LogP contribution is -2.82. The summed E-state index contributed by atoms with van der Waals surface area (Å²) in [5.41, 5.74) is -2.01. The Hall–Kier alpha value is -4.65. The molecule has 1 saturated heterocycles. The van der Waals surface area contributed by atoms with Gasteiger partial charge in [-0.05, 0) is 57.9 Å². The fourth-order valence-electron chi connectivity index (χ4n) is 6.09. The minimum atomic E-state index is -2.34. The highest BCUT2D eigenvalue weighted by Crippen LogP contribution is 2.33. The monoisotopic (exact) mass is 721 g/mol. The number of hydrogen-bond acceptors (Lipinski definition) is 7. The first-order valence-electron chi connectivity index (χ1n) is 18.5. The molecule has 0 aliphatic carbocycles. The summed E-state index contributed by atoms with van der Waals surface area (Å²) in [5.74, 6) is -2.07. The summed E-state index contributed by atoms with van der Waals surface area (Å²) in [7, 11) is 3.07. The van der Waals surface area contributed by atoms with Gasteiger partial charge in [0.1, 0.15) is 11.6 Å². The van der Waals surface area contributed by atoms with Gasteiger partial charge in [0.15, 0.2) is 0 Å². The Balaban J connectivity index is 2.18. The number of hydrogen-bond donors (Lipinski definition) is 3. The topological polar surface area (TPSA) is 144 Å². The number of para-hydroxylation sites is 2. The van der Waals surface area contributed by atoms with E-state index in [2.05, 4.69) is 22.9 Å². The lowest BCUT2D eigenvalue weighted by molar-refractivity contribution is -0.158. The first-order chi connectivity index (χ1) is 24.8. The molecule has 0 spiro atoms. The van der Waals surface area contributed by atoms with Crippen molar-refractivity contribution >= 4 is 41.2 Å². The summed E-state index contributed by atoms with van der Waals surface area (Å²) in [6.07, 6.45) is 4.38. The molecule has 2 aromatic rings. The van der Waals surface area contributed by atoms with Crippen LogP contribution < -0.4 is 20.9 Å². The number of benzene rings is 2. The van der Waals surface area contributed by atoms with Gasteiger partial charge in [0.2, 0.25) is 11.4 Å². The average molecular weight is 722 g/mol. The molecule has 286 valence electrons. The molecule has 13 heteroatoms. The molecule has 2 atom stereocenters. The largest absolute Gasteiger partial charge is 0.444 e. The van der Waals surface area contributed by atoms with Gasteiger partial charge in [-0.15, -0.1) is 0 Å². The summed E-state index contributed by atoms with van der Waals surface area (Å²) in [5, 5.41) is 9.03. The number of anilines is 2. The third-order valence-corrected chi connectivity index (χ3v) is 8.88. The SMILES string of the molecule is CCCCCNC(=O)C1NCCN(C(=O)N(c2ccccc2)c2ccccc2)C1(C(=O)NCCCCC)C(=O)N(C)CCN(C)C(=O)OC(C)(C)C. The molecule has 13 nitrogen and oxygen atoms in total. The second-order valence-electron chi connectivity index (χ2n) is 14.2. The van der Waals surface area contributed by atoms with E-state index in [1.807, 2.05) is 19.1 Å². The van der Waals surface area contributed by atoms with Crippen LogP contribution in [-0.4, -0.2) is 115 Å². The van der Waals surface area contributed by atoms with Crippen LogP contribution in [0.1, 0.15) is 73.1 Å². The van der Waals surface area contributed by atoms with Crippen LogP contribution in [0.3, 0.4) is 0 Å². The normalized spacial score (nSPS) is 17.1. The van der Waals surface area contributed by atoms with E-state index in [0.717, 1.165) is 25.7 Å². The molecule has 6 amide bonds. The first kappa shape index (κ1) is 41.8. The molecule has 3 rings (SSSR count). The molecular weight excluding hydrogens is 662 g/mol. The highest BCUT2D eigenvalue weighted by molar-refractivity contribution is 6.18. The van der Waals surface area contributed by atoms with E-state index in [-0.39, 0.29) is 32.7 Å². The van der Waals surface area contributed by atoms with Gasteiger partial charge >= 0.3 is 12.1 Å². The lowest BCUT2D eigenvalue weighted by atomic mass is 9.82. The number of rotatable bonds is 16. The van der Waals surface area contributed by atoms with Gasteiger partial charge in [0.05, 0.1) is 11.4 Å². The number of likely N-dealkylation sites (N-methyl/N-ethyl adjacent to an activating group) is 2. The highest BCUT2D eigenvalue weighted by Gasteiger charge is 2.63. The van der Waals surface area contributed by atoms with Crippen LogP contribution in [-0.2, 0) is 19.1 Å². The minimum Gasteiger partial charge on any atom is -0.444 e. The molecule has 2 unspecified atom stereocenters. The van der Waals surface area contributed by atoms with Crippen molar-refractivity contribution in [3.8, 4) is 0 Å². The van der Waals surface area contributed by atoms with Gasteiger partial charge < -0.3 is 30.5 Å². The zero-order valence-corrected chi connectivity index (χ0v) is 32.1. The third-order valence-electron chi connectivity index (χ3n) is 8.88. The number of ether oxygens (including phenoxy) is 1. The van der Waals surface area contributed by atoms with Gasteiger partial charge in [-0.3, -0.25) is 24.2 Å². The Labute approximate surface area is 309 Å². The number of nitrogens with one attached hydrogen (secondary N) is 3. The van der Waals surface area contributed by atoms with E-state index < -0.39 is 47.0 Å². The van der Waals surface area contributed by atoms with Gasteiger partial charge in [-0.25, -0.2) is 9.59 Å². The standard InChI is InChI=1S/C39H59N7O6/c1-8-10-18-24-41-33(47)32-39(34(48)42-25-19-11-9-2,35(49)43(6)28-29-44(7)37(51)52-38(3,4)5)45(27-26-40-32)36(50)46(30-20-14-12-15-21-30)31-22-16-13-17-23-31/h12-17,20-23,32,40H,8-11,18-19,24-29H2,1-7H3,(H,41,47)(H,42,48). The van der Waals surface area contributed by atoms with Crippen LogP contribution in [0.5, 0.6) is 0 Å². The van der Waals surface area contributed by atoms with Crippen LogP contribution in [0, 0.1) is 0 Å². The summed E-state index contributed by atoms with van der Waals surface area (Å²) >= 11 is 0. The van der Waals surface area contributed by atoms with Crippen molar-refractivity contribution in [2.75, 3.05) is 58.3 Å². The molecule has 0 radical (unpaired) electrons. The molecule has 2 aromatic carbocycles. The van der Waals surface area contributed by atoms with Gasteiger partial charge in [0, 0.05) is 53.4 Å². The van der Waals surface area contributed by atoms with Crippen LogP contribution >= 0.6 is 0 Å². The maximum Gasteiger partial charge on any atom is 0.410 e. The van der Waals surface area contributed by atoms with Gasteiger partial charge in [0.25, 0.3) is 11.8 Å². The van der Waals surface area contributed by atoms with E-state index in [1.165, 1.54) is 26.6 Å². The van der Waals surface area contributed by atoms with Crippen molar-refractivity contribution in [1.82, 2.24) is 30.7 Å². The Bertz CT molecular complexity index is 1430. The van der Waals surface area contributed by atoms with E-state index in [9.17, 15) is 14.4 Å². The fourth-order valence-corrected chi connectivity index (χ4v) is 6.09. The van der Waals surface area contributed by atoms with Crippen molar-refractivity contribution in [3.63, 3.8) is 0 Å². The minimum absolute atomic E-state index is 0.00655. The number of piperazine rings is 1. The Kier molecular flexibility index (Phi) is 15.9. The number of nitrogens with zero attached hydrogens (tertiary/aromatic N) is 4. The predicted octanol–water partition coefficient (Wildman–Crippen LogP) is 4.90. The Morgan fingerprint density at radius 3 is 1.85 bits per heavy atom. The molecule has 1 aliphatic rings.